The summed E-state index contributed by atoms with van der Waals surface area (Å²) in [6, 6.07) is 14.0. The maximum absolute atomic E-state index is 12.4. The Morgan fingerprint density at radius 1 is 1.15 bits per heavy atom. The fourth-order valence-corrected chi connectivity index (χ4v) is 2.65. The quantitative estimate of drug-likeness (QED) is 0.888. The first-order valence-corrected chi connectivity index (χ1v) is 7.51. The van der Waals surface area contributed by atoms with Gasteiger partial charge >= 0.3 is 0 Å². The highest BCUT2D eigenvalue weighted by molar-refractivity contribution is 7.10. The summed E-state index contributed by atoms with van der Waals surface area (Å²) in [5.41, 5.74) is 0.500. The summed E-state index contributed by atoms with van der Waals surface area (Å²) in [6.45, 7) is 3.75. The second kappa shape index (κ2) is 6.20. The molecule has 0 aliphatic rings. The number of amides is 1. The largest absolute Gasteiger partial charge is 0.343 e. The van der Waals surface area contributed by atoms with Crippen LogP contribution in [-0.4, -0.2) is 18.5 Å². The van der Waals surface area contributed by atoms with E-state index in [-0.39, 0.29) is 11.9 Å². The van der Waals surface area contributed by atoms with Gasteiger partial charge in [-0.3, -0.25) is 4.79 Å². The van der Waals surface area contributed by atoms with Gasteiger partial charge in [0, 0.05) is 4.88 Å². The van der Waals surface area contributed by atoms with Gasteiger partial charge in [0.05, 0.1) is 11.6 Å². The molecule has 1 heterocycles. The Balaban J connectivity index is 2.28. The molecular formula is C16H20N2OS. The Morgan fingerprint density at radius 3 is 2.40 bits per heavy atom. The molecule has 0 saturated heterocycles. The third-order valence-electron chi connectivity index (χ3n) is 3.43. The lowest BCUT2D eigenvalue weighted by Crippen LogP contribution is -2.51. The molecule has 2 rings (SSSR count). The molecule has 1 amide bonds. The van der Waals surface area contributed by atoms with Gasteiger partial charge in [0.2, 0.25) is 5.91 Å². The fraction of sp³-hybridized carbons (Fsp3) is 0.312. The van der Waals surface area contributed by atoms with E-state index >= 15 is 0 Å². The van der Waals surface area contributed by atoms with Crippen molar-refractivity contribution in [3.8, 4) is 0 Å². The number of rotatable bonds is 5. The van der Waals surface area contributed by atoms with Crippen LogP contribution in [-0.2, 0) is 4.79 Å². The van der Waals surface area contributed by atoms with Crippen molar-refractivity contribution in [1.29, 1.82) is 0 Å². The summed E-state index contributed by atoms with van der Waals surface area (Å²) >= 11 is 1.65. The van der Waals surface area contributed by atoms with E-state index in [9.17, 15) is 4.79 Å². The van der Waals surface area contributed by atoms with Gasteiger partial charge in [-0.05, 0) is 37.9 Å². The van der Waals surface area contributed by atoms with Gasteiger partial charge in [-0.25, -0.2) is 0 Å². The predicted molar refractivity (Wildman–Crippen MR) is 83.9 cm³/mol. The number of likely N-dealkylation sites (N-methyl/N-ethyl adjacent to an activating group) is 1. The highest BCUT2D eigenvalue weighted by Crippen LogP contribution is 2.26. The molecule has 1 aromatic heterocycles. The minimum atomic E-state index is -0.593. The molecule has 0 saturated carbocycles. The van der Waals surface area contributed by atoms with E-state index in [4.69, 9.17) is 0 Å². The first kappa shape index (κ1) is 14.8. The van der Waals surface area contributed by atoms with Crippen molar-refractivity contribution in [2.75, 3.05) is 7.05 Å². The first-order chi connectivity index (χ1) is 9.54. The third kappa shape index (κ3) is 3.26. The van der Waals surface area contributed by atoms with E-state index < -0.39 is 5.54 Å². The van der Waals surface area contributed by atoms with Crippen molar-refractivity contribution >= 4 is 17.2 Å². The Morgan fingerprint density at radius 2 is 1.85 bits per heavy atom. The Kier molecular flexibility index (Phi) is 4.57. The van der Waals surface area contributed by atoms with Crippen LogP contribution < -0.4 is 10.6 Å². The van der Waals surface area contributed by atoms with Gasteiger partial charge in [0.25, 0.3) is 0 Å². The van der Waals surface area contributed by atoms with E-state index in [0.29, 0.717) is 0 Å². The van der Waals surface area contributed by atoms with Crippen LogP contribution in [0.4, 0.5) is 0 Å². The normalized spacial score (nSPS) is 12.9. The van der Waals surface area contributed by atoms with Gasteiger partial charge in [-0.2, -0.15) is 0 Å². The minimum Gasteiger partial charge on any atom is -0.343 e. The molecule has 0 fully saturated rings. The zero-order chi connectivity index (χ0) is 14.6. The Labute approximate surface area is 124 Å². The molecule has 1 aromatic carbocycles. The molecule has 4 heteroatoms. The van der Waals surface area contributed by atoms with Crippen LogP contribution in [0, 0.1) is 0 Å². The number of hydrogen-bond acceptors (Lipinski definition) is 3. The van der Waals surface area contributed by atoms with Crippen LogP contribution in [0.2, 0.25) is 0 Å². The third-order valence-corrected chi connectivity index (χ3v) is 4.37. The van der Waals surface area contributed by atoms with Crippen molar-refractivity contribution < 1.29 is 4.79 Å². The number of carbonyl (C=O) groups is 1. The summed E-state index contributed by atoms with van der Waals surface area (Å²) in [5, 5.41) is 8.20. The van der Waals surface area contributed by atoms with Gasteiger partial charge in [0.15, 0.2) is 0 Å². The van der Waals surface area contributed by atoms with E-state index in [1.54, 1.807) is 18.4 Å². The average Bonchev–Trinajstić information content (AvgIpc) is 2.99. The zero-order valence-corrected chi connectivity index (χ0v) is 12.8. The maximum Gasteiger partial charge on any atom is 0.240 e. The molecule has 2 N–H and O–H groups in total. The molecule has 0 aliphatic heterocycles. The molecule has 0 spiro atoms. The molecular weight excluding hydrogens is 268 g/mol. The lowest BCUT2D eigenvalue weighted by molar-refractivity contribution is -0.126. The first-order valence-electron chi connectivity index (χ1n) is 6.63. The summed E-state index contributed by atoms with van der Waals surface area (Å²) in [6.07, 6.45) is 0. The Hall–Kier alpha value is -1.65. The molecule has 0 radical (unpaired) electrons. The van der Waals surface area contributed by atoms with E-state index in [0.717, 1.165) is 10.4 Å². The van der Waals surface area contributed by atoms with Gasteiger partial charge in [-0.1, -0.05) is 36.4 Å². The summed E-state index contributed by atoms with van der Waals surface area (Å²) in [7, 11) is 1.79. The van der Waals surface area contributed by atoms with Gasteiger partial charge in [-0.15, -0.1) is 11.3 Å². The van der Waals surface area contributed by atoms with Crippen molar-refractivity contribution in [2.45, 2.75) is 25.4 Å². The number of hydrogen-bond donors (Lipinski definition) is 2. The maximum atomic E-state index is 12.4. The topological polar surface area (TPSA) is 41.1 Å². The van der Waals surface area contributed by atoms with Crippen LogP contribution in [0.15, 0.2) is 47.8 Å². The molecule has 0 bridgehead atoms. The standard InChI is InChI=1S/C16H20N2OS/c1-16(2,17-3)15(19)18-14(13-10-7-11-20-13)12-8-5-4-6-9-12/h4-11,14,17H,1-3H3,(H,18,19). The van der Waals surface area contributed by atoms with Gasteiger partial charge in [0.1, 0.15) is 0 Å². The highest BCUT2D eigenvalue weighted by Gasteiger charge is 2.28. The fourth-order valence-electron chi connectivity index (χ4n) is 1.84. The molecule has 1 atom stereocenters. The van der Waals surface area contributed by atoms with Crippen LogP contribution >= 0.6 is 11.3 Å². The second-order valence-corrected chi connectivity index (χ2v) is 6.19. The smallest absolute Gasteiger partial charge is 0.240 e. The lowest BCUT2D eigenvalue weighted by atomic mass is 10.0. The molecule has 3 nitrogen and oxygen atoms in total. The lowest BCUT2D eigenvalue weighted by Gasteiger charge is -2.27. The summed E-state index contributed by atoms with van der Waals surface area (Å²) in [4.78, 5) is 13.5. The predicted octanol–water partition coefficient (Wildman–Crippen LogP) is 2.95. The van der Waals surface area contributed by atoms with Crippen molar-refractivity contribution in [2.24, 2.45) is 0 Å². The summed E-state index contributed by atoms with van der Waals surface area (Å²) < 4.78 is 0. The average molecular weight is 288 g/mol. The molecule has 1 unspecified atom stereocenters. The van der Waals surface area contributed by atoms with E-state index in [2.05, 4.69) is 16.7 Å². The van der Waals surface area contributed by atoms with Crippen LogP contribution in [0.3, 0.4) is 0 Å². The number of carbonyl (C=O) groups excluding carboxylic acids is 1. The minimum absolute atomic E-state index is 0.0118. The monoisotopic (exact) mass is 288 g/mol. The van der Waals surface area contributed by atoms with Crippen molar-refractivity contribution in [3.63, 3.8) is 0 Å². The van der Waals surface area contributed by atoms with Crippen LogP contribution in [0.25, 0.3) is 0 Å². The SMILES string of the molecule is CNC(C)(C)C(=O)NC(c1ccccc1)c1cccs1. The van der Waals surface area contributed by atoms with Crippen molar-refractivity contribution in [3.05, 3.63) is 58.3 Å². The summed E-state index contributed by atoms with van der Waals surface area (Å²) in [5.74, 6) is -0.0118. The number of nitrogens with one attached hydrogen (secondary N) is 2. The van der Waals surface area contributed by atoms with Gasteiger partial charge < -0.3 is 10.6 Å². The Bertz CT molecular complexity index is 549. The van der Waals surface area contributed by atoms with E-state index in [1.165, 1.54) is 0 Å². The van der Waals surface area contributed by atoms with Crippen LogP contribution in [0.5, 0.6) is 0 Å². The molecule has 0 aliphatic carbocycles. The molecule has 2 aromatic rings. The van der Waals surface area contributed by atoms with Crippen LogP contribution in [0.1, 0.15) is 30.3 Å². The van der Waals surface area contributed by atoms with E-state index in [1.807, 2.05) is 55.6 Å². The highest BCUT2D eigenvalue weighted by atomic mass is 32.1. The number of benzene rings is 1. The molecule has 20 heavy (non-hydrogen) atoms. The zero-order valence-electron chi connectivity index (χ0n) is 12.0. The molecule has 106 valence electrons. The van der Waals surface area contributed by atoms with Crippen molar-refractivity contribution in [1.82, 2.24) is 10.6 Å². The second-order valence-electron chi connectivity index (χ2n) is 5.21. The number of thiophene rings is 1.